The van der Waals surface area contributed by atoms with Crippen molar-refractivity contribution in [2.24, 2.45) is 0 Å². The topological polar surface area (TPSA) is 25.2 Å². The van der Waals surface area contributed by atoms with Crippen molar-refractivity contribution in [1.29, 1.82) is 0 Å². The van der Waals surface area contributed by atoms with Gasteiger partial charge in [-0.05, 0) is 55.3 Å². The molecule has 0 saturated heterocycles. The Morgan fingerprint density at radius 1 is 1.20 bits per heavy atom. The molecule has 1 aromatic carbocycles. The summed E-state index contributed by atoms with van der Waals surface area (Å²) in [6.45, 7) is 6.94. The van der Waals surface area contributed by atoms with Gasteiger partial charge >= 0.3 is 0 Å². The van der Waals surface area contributed by atoms with Crippen LogP contribution in [0.1, 0.15) is 49.0 Å². The van der Waals surface area contributed by atoms with E-state index < -0.39 is 0 Å². The van der Waals surface area contributed by atoms with Gasteiger partial charge in [-0.25, -0.2) is 4.39 Å². The second-order valence-corrected chi connectivity index (χ2v) is 5.11. The SMILES string of the molecule is CCCNC(c1cc(C)cc(F)c1)c1ccc(CC)o1. The Bertz CT molecular complexity index is 542. The van der Waals surface area contributed by atoms with Crippen molar-refractivity contribution in [1.82, 2.24) is 5.32 Å². The summed E-state index contributed by atoms with van der Waals surface area (Å²) in [7, 11) is 0. The lowest BCUT2D eigenvalue weighted by Crippen LogP contribution is -2.23. The van der Waals surface area contributed by atoms with Crippen molar-refractivity contribution in [3.05, 3.63) is 58.8 Å². The van der Waals surface area contributed by atoms with Crippen LogP contribution in [-0.2, 0) is 6.42 Å². The highest BCUT2D eigenvalue weighted by molar-refractivity contribution is 5.31. The molecule has 0 amide bonds. The molecule has 3 heteroatoms. The molecule has 0 bridgehead atoms. The fraction of sp³-hybridized carbons (Fsp3) is 0.412. The van der Waals surface area contributed by atoms with Gasteiger partial charge in [-0.2, -0.15) is 0 Å². The molecule has 1 unspecified atom stereocenters. The highest BCUT2D eigenvalue weighted by Gasteiger charge is 2.18. The standard InChI is InChI=1S/C17H22FNO/c1-4-8-19-17(16-7-6-15(5-2)20-16)13-9-12(3)10-14(18)11-13/h6-7,9-11,17,19H,4-5,8H2,1-3H3. The van der Waals surface area contributed by atoms with E-state index in [-0.39, 0.29) is 11.9 Å². The highest BCUT2D eigenvalue weighted by atomic mass is 19.1. The van der Waals surface area contributed by atoms with Crippen LogP contribution in [0.15, 0.2) is 34.7 Å². The van der Waals surface area contributed by atoms with E-state index in [4.69, 9.17) is 4.42 Å². The minimum absolute atomic E-state index is 0.0929. The van der Waals surface area contributed by atoms with Crippen LogP contribution in [-0.4, -0.2) is 6.54 Å². The summed E-state index contributed by atoms with van der Waals surface area (Å²) in [6.07, 6.45) is 1.88. The van der Waals surface area contributed by atoms with E-state index in [1.165, 1.54) is 0 Å². The van der Waals surface area contributed by atoms with Crippen molar-refractivity contribution >= 4 is 0 Å². The molecule has 0 spiro atoms. The molecule has 0 radical (unpaired) electrons. The zero-order valence-corrected chi connectivity index (χ0v) is 12.4. The minimum atomic E-state index is -0.203. The number of nitrogens with one attached hydrogen (secondary N) is 1. The average Bonchev–Trinajstić information content (AvgIpc) is 2.87. The Hall–Kier alpha value is -1.61. The zero-order valence-electron chi connectivity index (χ0n) is 12.4. The van der Waals surface area contributed by atoms with Crippen molar-refractivity contribution in [3.63, 3.8) is 0 Å². The van der Waals surface area contributed by atoms with Gasteiger partial charge < -0.3 is 9.73 Å². The first-order valence-electron chi connectivity index (χ1n) is 7.23. The lowest BCUT2D eigenvalue weighted by molar-refractivity contribution is 0.421. The first kappa shape index (κ1) is 14.8. The van der Waals surface area contributed by atoms with E-state index >= 15 is 0 Å². The van der Waals surface area contributed by atoms with Crippen molar-refractivity contribution in [3.8, 4) is 0 Å². The van der Waals surface area contributed by atoms with Crippen LogP contribution in [0.4, 0.5) is 4.39 Å². The van der Waals surface area contributed by atoms with E-state index in [1.807, 2.05) is 25.1 Å². The molecule has 0 aliphatic rings. The van der Waals surface area contributed by atoms with Gasteiger partial charge in [0, 0.05) is 6.42 Å². The number of hydrogen-bond acceptors (Lipinski definition) is 2. The van der Waals surface area contributed by atoms with Crippen molar-refractivity contribution in [2.75, 3.05) is 6.54 Å². The number of aryl methyl sites for hydroxylation is 2. The molecule has 0 aliphatic heterocycles. The highest BCUT2D eigenvalue weighted by Crippen LogP contribution is 2.26. The van der Waals surface area contributed by atoms with Crippen LogP contribution < -0.4 is 5.32 Å². The van der Waals surface area contributed by atoms with Gasteiger partial charge in [0.2, 0.25) is 0 Å². The number of rotatable bonds is 6. The van der Waals surface area contributed by atoms with Crippen LogP contribution in [0.3, 0.4) is 0 Å². The van der Waals surface area contributed by atoms with Crippen LogP contribution >= 0.6 is 0 Å². The number of hydrogen-bond donors (Lipinski definition) is 1. The van der Waals surface area contributed by atoms with Crippen LogP contribution in [0.5, 0.6) is 0 Å². The molecule has 0 saturated carbocycles. The molecular formula is C17H22FNO. The summed E-state index contributed by atoms with van der Waals surface area (Å²) in [5.41, 5.74) is 1.83. The molecule has 0 aliphatic carbocycles. The molecule has 1 N–H and O–H groups in total. The maximum Gasteiger partial charge on any atom is 0.125 e. The molecular weight excluding hydrogens is 253 g/mol. The number of furan rings is 1. The molecule has 1 aromatic heterocycles. The van der Waals surface area contributed by atoms with Crippen LogP contribution in [0.25, 0.3) is 0 Å². The zero-order chi connectivity index (χ0) is 14.5. The second kappa shape index (κ2) is 6.71. The molecule has 2 rings (SSSR count). The number of halogens is 1. The Morgan fingerprint density at radius 3 is 2.60 bits per heavy atom. The maximum absolute atomic E-state index is 13.6. The van der Waals surface area contributed by atoms with Gasteiger partial charge in [-0.15, -0.1) is 0 Å². The average molecular weight is 275 g/mol. The molecule has 2 nitrogen and oxygen atoms in total. The molecule has 1 heterocycles. The predicted octanol–water partition coefficient (Wildman–Crippen LogP) is 4.38. The van der Waals surface area contributed by atoms with Gasteiger partial charge in [-0.1, -0.05) is 19.9 Å². The van der Waals surface area contributed by atoms with Gasteiger partial charge in [0.1, 0.15) is 17.3 Å². The van der Waals surface area contributed by atoms with Crippen molar-refractivity contribution < 1.29 is 8.81 Å². The lowest BCUT2D eigenvalue weighted by Gasteiger charge is -2.17. The van der Waals surface area contributed by atoms with Crippen LogP contribution in [0, 0.1) is 12.7 Å². The molecule has 0 fully saturated rings. The van der Waals surface area contributed by atoms with Crippen molar-refractivity contribution in [2.45, 2.75) is 39.7 Å². The summed E-state index contributed by atoms with van der Waals surface area (Å²) >= 11 is 0. The number of benzene rings is 1. The normalized spacial score (nSPS) is 12.6. The monoisotopic (exact) mass is 275 g/mol. The van der Waals surface area contributed by atoms with E-state index in [9.17, 15) is 4.39 Å². The van der Waals surface area contributed by atoms with E-state index in [0.29, 0.717) is 0 Å². The van der Waals surface area contributed by atoms with E-state index in [2.05, 4.69) is 19.2 Å². The second-order valence-electron chi connectivity index (χ2n) is 5.11. The fourth-order valence-corrected chi connectivity index (χ4v) is 2.34. The summed E-state index contributed by atoms with van der Waals surface area (Å²) in [5, 5.41) is 3.43. The first-order valence-corrected chi connectivity index (χ1v) is 7.23. The smallest absolute Gasteiger partial charge is 0.125 e. The predicted molar refractivity (Wildman–Crippen MR) is 79.4 cm³/mol. The summed E-state index contributed by atoms with van der Waals surface area (Å²) in [5.74, 6) is 1.60. The van der Waals surface area contributed by atoms with Gasteiger partial charge in [0.05, 0.1) is 6.04 Å². The van der Waals surface area contributed by atoms with Gasteiger partial charge in [0.15, 0.2) is 0 Å². The van der Waals surface area contributed by atoms with E-state index in [0.717, 1.165) is 42.0 Å². The first-order chi connectivity index (χ1) is 9.63. The van der Waals surface area contributed by atoms with Gasteiger partial charge in [-0.3, -0.25) is 0 Å². The Kier molecular flexibility index (Phi) is 4.96. The summed E-state index contributed by atoms with van der Waals surface area (Å²) in [6, 6.07) is 9.00. The maximum atomic E-state index is 13.6. The quantitative estimate of drug-likeness (QED) is 0.846. The fourth-order valence-electron chi connectivity index (χ4n) is 2.34. The minimum Gasteiger partial charge on any atom is -0.464 e. The molecule has 20 heavy (non-hydrogen) atoms. The molecule has 1 atom stereocenters. The summed E-state index contributed by atoms with van der Waals surface area (Å²) in [4.78, 5) is 0. The van der Waals surface area contributed by atoms with E-state index in [1.54, 1.807) is 12.1 Å². The Morgan fingerprint density at radius 2 is 2.00 bits per heavy atom. The largest absolute Gasteiger partial charge is 0.464 e. The lowest BCUT2D eigenvalue weighted by atomic mass is 10.0. The summed E-state index contributed by atoms with van der Waals surface area (Å²) < 4.78 is 19.5. The third-order valence-corrected chi connectivity index (χ3v) is 3.31. The van der Waals surface area contributed by atoms with Crippen LogP contribution in [0.2, 0.25) is 0 Å². The van der Waals surface area contributed by atoms with Gasteiger partial charge in [0.25, 0.3) is 0 Å². The Balaban J connectivity index is 2.35. The molecule has 108 valence electrons. The Labute approximate surface area is 120 Å². The third kappa shape index (κ3) is 3.48. The molecule has 2 aromatic rings. The third-order valence-electron chi connectivity index (χ3n) is 3.31.